The third kappa shape index (κ3) is 7.49. The van der Waals surface area contributed by atoms with Gasteiger partial charge in [0.05, 0.1) is 37.8 Å². The summed E-state index contributed by atoms with van der Waals surface area (Å²) in [5.74, 6) is 0. The van der Waals surface area contributed by atoms with Gasteiger partial charge in [0.25, 0.3) is 0 Å². The first-order valence-corrected chi connectivity index (χ1v) is 7.26. The molecule has 0 spiro atoms. The van der Waals surface area contributed by atoms with Crippen molar-refractivity contribution in [3.05, 3.63) is 0 Å². The van der Waals surface area contributed by atoms with Crippen LogP contribution < -0.4 is 10.6 Å². The average Bonchev–Trinajstić information content (AvgIpc) is 2.47. The topological polar surface area (TPSA) is 108 Å². The van der Waals surface area contributed by atoms with Gasteiger partial charge in [-0.1, -0.05) is 13.8 Å². The highest BCUT2D eigenvalue weighted by molar-refractivity contribution is 4.74. The van der Waals surface area contributed by atoms with Gasteiger partial charge in [0, 0.05) is 13.1 Å². The van der Waals surface area contributed by atoms with Gasteiger partial charge in [-0.25, -0.2) is 0 Å². The molecule has 0 aromatic carbocycles. The van der Waals surface area contributed by atoms with Crippen molar-refractivity contribution < 1.29 is 20.4 Å². The maximum Gasteiger partial charge on any atom is 0.0895 e. The Morgan fingerprint density at radius 1 is 0.850 bits per heavy atom. The fourth-order valence-electron chi connectivity index (χ4n) is 2.04. The summed E-state index contributed by atoms with van der Waals surface area (Å²) in [5, 5.41) is 42.8. The van der Waals surface area contributed by atoms with E-state index in [0.29, 0.717) is 13.1 Å². The molecule has 122 valence electrons. The molecule has 0 aromatic rings. The van der Waals surface area contributed by atoms with Crippen LogP contribution in [-0.2, 0) is 0 Å². The summed E-state index contributed by atoms with van der Waals surface area (Å²) in [6.07, 6.45) is 0.272. The molecule has 7 nitrogen and oxygen atoms in total. The lowest BCUT2D eigenvalue weighted by atomic mass is 10.2. The molecule has 0 aliphatic heterocycles. The number of nitrogens with one attached hydrogen (secondary N) is 2. The van der Waals surface area contributed by atoms with Gasteiger partial charge >= 0.3 is 0 Å². The molecule has 0 rings (SSSR count). The van der Waals surface area contributed by atoms with Crippen LogP contribution >= 0.6 is 0 Å². The van der Waals surface area contributed by atoms with Crippen molar-refractivity contribution in [3.8, 4) is 0 Å². The zero-order valence-corrected chi connectivity index (χ0v) is 12.8. The van der Waals surface area contributed by atoms with Crippen LogP contribution in [0.3, 0.4) is 0 Å². The first kappa shape index (κ1) is 19.7. The lowest BCUT2D eigenvalue weighted by Gasteiger charge is -2.36. The molecular weight excluding hydrogens is 262 g/mol. The van der Waals surface area contributed by atoms with Crippen LogP contribution in [0.5, 0.6) is 0 Å². The number of nitrogens with zero attached hydrogens (tertiary/aromatic N) is 1. The first-order chi connectivity index (χ1) is 9.49. The Morgan fingerprint density at radius 2 is 1.20 bits per heavy atom. The van der Waals surface area contributed by atoms with Crippen LogP contribution in [0, 0.1) is 0 Å². The van der Waals surface area contributed by atoms with Crippen molar-refractivity contribution >= 4 is 0 Å². The van der Waals surface area contributed by atoms with Crippen LogP contribution in [0.25, 0.3) is 0 Å². The third-order valence-electron chi connectivity index (χ3n) is 3.36. The summed E-state index contributed by atoms with van der Waals surface area (Å²) < 4.78 is 0. The van der Waals surface area contributed by atoms with Gasteiger partial charge in [-0.05, 0) is 19.9 Å². The van der Waals surface area contributed by atoms with E-state index in [-0.39, 0.29) is 25.5 Å². The summed E-state index contributed by atoms with van der Waals surface area (Å²) in [5.41, 5.74) is 0. The minimum absolute atomic E-state index is 0.0555. The molecular formula is C13H31N3O4. The molecule has 0 heterocycles. The van der Waals surface area contributed by atoms with Gasteiger partial charge in [-0.3, -0.25) is 15.5 Å². The van der Waals surface area contributed by atoms with E-state index in [0.717, 1.165) is 12.8 Å². The number of rotatable bonds is 12. The van der Waals surface area contributed by atoms with Gasteiger partial charge in [-0.2, -0.15) is 0 Å². The van der Waals surface area contributed by atoms with E-state index in [9.17, 15) is 10.2 Å². The van der Waals surface area contributed by atoms with Crippen LogP contribution in [0.2, 0.25) is 0 Å². The van der Waals surface area contributed by atoms with E-state index in [2.05, 4.69) is 15.5 Å². The SMILES string of the molecule is CCC(NCC(O)CO)N(C)C(CC)NCC(O)CO. The fraction of sp³-hybridized carbons (Fsp3) is 1.00. The predicted molar refractivity (Wildman–Crippen MR) is 78.1 cm³/mol. The maximum absolute atomic E-state index is 9.38. The maximum atomic E-state index is 9.38. The first-order valence-electron chi connectivity index (χ1n) is 7.26. The van der Waals surface area contributed by atoms with Crippen LogP contribution in [0.15, 0.2) is 0 Å². The lowest BCUT2D eigenvalue weighted by Crippen LogP contribution is -2.55. The Bertz CT molecular complexity index is 212. The number of aliphatic hydroxyl groups excluding tert-OH is 4. The Balaban J connectivity index is 4.33. The average molecular weight is 293 g/mol. The lowest BCUT2D eigenvalue weighted by molar-refractivity contribution is 0.0538. The molecule has 0 aliphatic rings. The molecule has 0 saturated carbocycles. The molecule has 0 fully saturated rings. The molecule has 0 radical (unpaired) electrons. The molecule has 0 amide bonds. The Kier molecular flexibility index (Phi) is 11.2. The van der Waals surface area contributed by atoms with E-state index < -0.39 is 12.2 Å². The van der Waals surface area contributed by atoms with Gasteiger partial charge in [0.1, 0.15) is 0 Å². The summed E-state index contributed by atoms with van der Waals surface area (Å²) >= 11 is 0. The van der Waals surface area contributed by atoms with Crippen molar-refractivity contribution in [1.29, 1.82) is 0 Å². The monoisotopic (exact) mass is 293 g/mol. The standard InChI is InChI=1S/C13H31N3O4/c1-4-12(14-6-10(19)8-17)16(3)13(5-2)15-7-11(20)9-18/h10-15,17-20H,4-9H2,1-3H3. The van der Waals surface area contributed by atoms with Crippen molar-refractivity contribution in [2.75, 3.05) is 33.4 Å². The number of aliphatic hydroxyl groups is 4. The summed E-state index contributed by atoms with van der Waals surface area (Å²) in [4.78, 5) is 2.09. The highest BCUT2D eigenvalue weighted by Crippen LogP contribution is 2.06. The van der Waals surface area contributed by atoms with Crippen LogP contribution in [0.4, 0.5) is 0 Å². The molecule has 0 bridgehead atoms. The quantitative estimate of drug-likeness (QED) is 0.238. The van der Waals surface area contributed by atoms with Gasteiger partial charge < -0.3 is 20.4 Å². The normalized spacial score (nSPS) is 18.0. The van der Waals surface area contributed by atoms with E-state index in [1.807, 2.05) is 20.9 Å². The molecule has 0 aromatic heterocycles. The fourth-order valence-corrected chi connectivity index (χ4v) is 2.04. The molecule has 7 heteroatoms. The largest absolute Gasteiger partial charge is 0.394 e. The van der Waals surface area contributed by atoms with Crippen LogP contribution in [0.1, 0.15) is 26.7 Å². The third-order valence-corrected chi connectivity index (χ3v) is 3.36. The zero-order chi connectivity index (χ0) is 15.5. The smallest absolute Gasteiger partial charge is 0.0895 e. The molecule has 4 atom stereocenters. The minimum atomic E-state index is -0.762. The van der Waals surface area contributed by atoms with E-state index >= 15 is 0 Å². The second kappa shape index (κ2) is 11.4. The van der Waals surface area contributed by atoms with Crippen molar-refractivity contribution in [3.63, 3.8) is 0 Å². The Labute approximate surface area is 121 Å². The highest BCUT2D eigenvalue weighted by atomic mass is 16.3. The molecule has 6 N–H and O–H groups in total. The summed E-state index contributed by atoms with van der Waals surface area (Å²) in [6, 6.07) is 0. The minimum Gasteiger partial charge on any atom is -0.394 e. The van der Waals surface area contributed by atoms with Gasteiger partial charge in [0.15, 0.2) is 0 Å². The summed E-state index contributed by atoms with van der Waals surface area (Å²) in [6.45, 7) is 4.21. The van der Waals surface area contributed by atoms with E-state index in [4.69, 9.17) is 10.2 Å². The Morgan fingerprint density at radius 3 is 1.45 bits per heavy atom. The second-order valence-corrected chi connectivity index (χ2v) is 5.00. The van der Waals surface area contributed by atoms with Gasteiger partial charge in [-0.15, -0.1) is 0 Å². The molecule has 0 aliphatic carbocycles. The van der Waals surface area contributed by atoms with Crippen molar-refractivity contribution in [2.24, 2.45) is 0 Å². The van der Waals surface area contributed by atoms with E-state index in [1.165, 1.54) is 0 Å². The molecule has 0 saturated heterocycles. The van der Waals surface area contributed by atoms with E-state index in [1.54, 1.807) is 0 Å². The Hall–Kier alpha value is -0.280. The van der Waals surface area contributed by atoms with Crippen LogP contribution in [-0.4, -0.2) is 83.2 Å². The summed E-state index contributed by atoms with van der Waals surface area (Å²) in [7, 11) is 1.96. The highest BCUT2D eigenvalue weighted by Gasteiger charge is 2.21. The number of hydrogen-bond donors (Lipinski definition) is 6. The van der Waals surface area contributed by atoms with Crippen molar-refractivity contribution in [2.45, 2.75) is 51.2 Å². The molecule has 20 heavy (non-hydrogen) atoms. The van der Waals surface area contributed by atoms with Crippen molar-refractivity contribution in [1.82, 2.24) is 15.5 Å². The zero-order valence-electron chi connectivity index (χ0n) is 12.8. The van der Waals surface area contributed by atoms with Gasteiger partial charge in [0.2, 0.25) is 0 Å². The second-order valence-electron chi connectivity index (χ2n) is 5.00. The predicted octanol–water partition coefficient (Wildman–Crippen LogP) is -1.72. The number of hydrogen-bond acceptors (Lipinski definition) is 7. The molecule has 4 unspecified atom stereocenters.